The number of ether oxygens (including phenoxy) is 1. The Balaban J connectivity index is 1.67. The van der Waals surface area contributed by atoms with E-state index in [4.69, 9.17) is 9.84 Å². The topological polar surface area (TPSA) is 99.1 Å². The number of amides is 2. The van der Waals surface area contributed by atoms with E-state index in [0.717, 1.165) is 28.4 Å². The first kappa shape index (κ1) is 26.6. The van der Waals surface area contributed by atoms with E-state index >= 15 is 0 Å². The monoisotopic (exact) mass is 608 g/mol. The SMILES string of the molecule is O=C(NCCO)C1=CC(Oc2ccccc2I)C(O)C(N(Cc2ccc(F)cc2)C(=O)C2CCC2)C1. The van der Waals surface area contributed by atoms with Crippen molar-refractivity contribution in [1.29, 1.82) is 0 Å². The highest BCUT2D eigenvalue weighted by atomic mass is 127. The first-order valence-corrected chi connectivity index (χ1v) is 13.2. The number of nitrogens with zero attached hydrogens (tertiary/aromatic N) is 1. The van der Waals surface area contributed by atoms with Gasteiger partial charge in [-0.05, 0) is 71.3 Å². The third-order valence-corrected chi connectivity index (χ3v) is 7.61. The zero-order valence-corrected chi connectivity index (χ0v) is 21.9. The highest BCUT2D eigenvalue weighted by Gasteiger charge is 2.42. The van der Waals surface area contributed by atoms with Crippen LogP contribution in [0.5, 0.6) is 5.75 Å². The molecule has 0 bridgehead atoms. The van der Waals surface area contributed by atoms with Gasteiger partial charge in [0.15, 0.2) is 0 Å². The number of hydrogen-bond acceptors (Lipinski definition) is 5. The molecule has 4 rings (SSSR count). The molecule has 0 heterocycles. The van der Waals surface area contributed by atoms with Gasteiger partial charge in [-0.15, -0.1) is 0 Å². The Labute approximate surface area is 223 Å². The average molecular weight is 608 g/mol. The lowest BCUT2D eigenvalue weighted by Crippen LogP contribution is -2.56. The van der Waals surface area contributed by atoms with Crippen molar-refractivity contribution < 1.29 is 28.9 Å². The Kier molecular flexibility index (Phi) is 8.97. The summed E-state index contributed by atoms with van der Waals surface area (Å²) in [6.07, 6.45) is 2.29. The van der Waals surface area contributed by atoms with Crippen LogP contribution in [-0.2, 0) is 16.1 Å². The van der Waals surface area contributed by atoms with Crippen molar-refractivity contribution in [2.24, 2.45) is 5.92 Å². The number of hydrogen-bond donors (Lipinski definition) is 3. The molecule has 2 amide bonds. The molecule has 3 N–H and O–H groups in total. The number of rotatable bonds is 9. The smallest absolute Gasteiger partial charge is 0.247 e. The molecule has 192 valence electrons. The summed E-state index contributed by atoms with van der Waals surface area (Å²) in [6.45, 7) is 0.0638. The van der Waals surface area contributed by atoms with Crippen molar-refractivity contribution in [3.8, 4) is 5.75 Å². The summed E-state index contributed by atoms with van der Waals surface area (Å²) in [7, 11) is 0. The fourth-order valence-electron chi connectivity index (χ4n) is 4.50. The van der Waals surface area contributed by atoms with Crippen LogP contribution in [0, 0.1) is 15.3 Å². The molecule has 0 aromatic heterocycles. The van der Waals surface area contributed by atoms with Crippen LogP contribution in [0.1, 0.15) is 31.2 Å². The van der Waals surface area contributed by atoms with E-state index in [1.54, 1.807) is 29.2 Å². The molecule has 1 saturated carbocycles. The van der Waals surface area contributed by atoms with E-state index in [0.29, 0.717) is 11.3 Å². The standard InChI is InChI=1S/C27H30FIN2O5/c28-20-10-8-17(9-11-20)16-31(27(35)18-4-3-5-18)22-14-19(26(34)30-12-13-32)15-24(25(22)33)36-23-7-2-1-6-21(23)29/h1-2,6-11,15,18,22,24-25,32-33H,3-5,12-14,16H2,(H,30,34). The van der Waals surface area contributed by atoms with E-state index in [9.17, 15) is 19.1 Å². The van der Waals surface area contributed by atoms with Crippen LogP contribution in [0.2, 0.25) is 0 Å². The zero-order valence-electron chi connectivity index (χ0n) is 19.8. The van der Waals surface area contributed by atoms with Crippen molar-refractivity contribution in [1.82, 2.24) is 10.2 Å². The van der Waals surface area contributed by atoms with Crippen molar-refractivity contribution in [2.75, 3.05) is 13.2 Å². The Morgan fingerprint density at radius 1 is 1.14 bits per heavy atom. The fraction of sp³-hybridized carbons (Fsp3) is 0.407. The number of para-hydroxylation sites is 1. The van der Waals surface area contributed by atoms with Crippen LogP contribution >= 0.6 is 22.6 Å². The molecule has 9 heteroatoms. The summed E-state index contributed by atoms with van der Waals surface area (Å²) >= 11 is 2.14. The first-order chi connectivity index (χ1) is 17.4. The molecule has 3 unspecified atom stereocenters. The van der Waals surface area contributed by atoms with Crippen LogP contribution < -0.4 is 10.1 Å². The second-order valence-electron chi connectivity index (χ2n) is 9.17. The quantitative estimate of drug-likeness (QED) is 0.380. The predicted octanol–water partition coefficient (Wildman–Crippen LogP) is 3.17. The molecule has 2 aromatic carbocycles. The maximum absolute atomic E-state index is 13.6. The fourth-order valence-corrected chi connectivity index (χ4v) is 5.02. The van der Waals surface area contributed by atoms with Crippen LogP contribution in [0.3, 0.4) is 0 Å². The number of halogens is 2. The lowest BCUT2D eigenvalue weighted by atomic mass is 9.82. The van der Waals surface area contributed by atoms with Gasteiger partial charge in [0.05, 0.1) is 16.2 Å². The third-order valence-electron chi connectivity index (χ3n) is 6.72. The van der Waals surface area contributed by atoms with Gasteiger partial charge in [-0.3, -0.25) is 9.59 Å². The summed E-state index contributed by atoms with van der Waals surface area (Å²) in [4.78, 5) is 28.1. The second-order valence-corrected chi connectivity index (χ2v) is 10.3. The lowest BCUT2D eigenvalue weighted by Gasteiger charge is -2.43. The molecule has 1 fully saturated rings. The van der Waals surface area contributed by atoms with Crippen LogP contribution in [0.25, 0.3) is 0 Å². The number of benzene rings is 2. The Morgan fingerprint density at radius 3 is 2.50 bits per heavy atom. The molecule has 0 spiro atoms. The van der Waals surface area contributed by atoms with Gasteiger partial charge in [-0.2, -0.15) is 0 Å². The van der Waals surface area contributed by atoms with Crippen molar-refractivity contribution in [3.05, 3.63) is 75.1 Å². The van der Waals surface area contributed by atoms with Gasteiger partial charge in [0.2, 0.25) is 11.8 Å². The molecular formula is C27H30FIN2O5. The third kappa shape index (κ3) is 6.24. The molecule has 0 aliphatic heterocycles. The molecule has 3 atom stereocenters. The van der Waals surface area contributed by atoms with Gasteiger partial charge in [0.25, 0.3) is 0 Å². The number of carbonyl (C=O) groups is 2. The van der Waals surface area contributed by atoms with Crippen LogP contribution in [-0.4, -0.2) is 58.3 Å². The van der Waals surface area contributed by atoms with E-state index in [1.807, 2.05) is 18.2 Å². The number of aliphatic hydroxyl groups is 2. The molecule has 0 radical (unpaired) electrons. The van der Waals surface area contributed by atoms with Gasteiger partial charge in [0, 0.05) is 31.0 Å². The van der Waals surface area contributed by atoms with Crippen molar-refractivity contribution in [2.45, 2.75) is 50.5 Å². The first-order valence-electron chi connectivity index (χ1n) is 12.1. The van der Waals surface area contributed by atoms with Crippen molar-refractivity contribution in [3.63, 3.8) is 0 Å². The van der Waals surface area contributed by atoms with Crippen molar-refractivity contribution >= 4 is 34.4 Å². The number of carbonyl (C=O) groups excluding carboxylic acids is 2. The van der Waals surface area contributed by atoms with Crippen LogP contribution in [0.15, 0.2) is 60.2 Å². The highest BCUT2D eigenvalue weighted by Crippen LogP contribution is 2.34. The predicted molar refractivity (Wildman–Crippen MR) is 140 cm³/mol. The van der Waals surface area contributed by atoms with E-state index in [1.165, 1.54) is 12.1 Å². The largest absolute Gasteiger partial charge is 0.482 e. The van der Waals surface area contributed by atoms with E-state index in [-0.39, 0.29) is 49.7 Å². The number of nitrogens with one attached hydrogen (secondary N) is 1. The normalized spacial score (nSPS) is 21.8. The van der Waals surface area contributed by atoms with Gasteiger partial charge in [-0.25, -0.2) is 4.39 Å². The Morgan fingerprint density at radius 2 is 1.86 bits per heavy atom. The molecule has 2 aliphatic rings. The minimum absolute atomic E-state index is 0.0836. The van der Waals surface area contributed by atoms with Crippen LogP contribution in [0.4, 0.5) is 4.39 Å². The van der Waals surface area contributed by atoms with Gasteiger partial charge in [-0.1, -0.05) is 30.7 Å². The van der Waals surface area contributed by atoms with E-state index < -0.39 is 18.2 Å². The average Bonchev–Trinajstić information content (AvgIpc) is 2.83. The Bertz CT molecular complexity index is 1110. The van der Waals surface area contributed by atoms with Gasteiger partial charge < -0.3 is 25.2 Å². The van der Waals surface area contributed by atoms with Gasteiger partial charge >= 0.3 is 0 Å². The summed E-state index contributed by atoms with van der Waals surface area (Å²) in [5.74, 6) is -0.408. The Hall–Kier alpha value is -2.50. The zero-order chi connectivity index (χ0) is 25.7. The maximum Gasteiger partial charge on any atom is 0.247 e. The molecule has 2 aromatic rings. The summed E-state index contributed by atoms with van der Waals surface area (Å²) in [5.41, 5.74) is 1.10. The molecular weight excluding hydrogens is 578 g/mol. The molecule has 2 aliphatic carbocycles. The summed E-state index contributed by atoms with van der Waals surface area (Å²) < 4.78 is 20.5. The van der Waals surface area contributed by atoms with E-state index in [2.05, 4.69) is 27.9 Å². The van der Waals surface area contributed by atoms with Gasteiger partial charge in [0.1, 0.15) is 23.8 Å². The molecule has 0 saturated heterocycles. The molecule has 7 nitrogen and oxygen atoms in total. The highest BCUT2D eigenvalue weighted by molar-refractivity contribution is 14.1. The summed E-state index contributed by atoms with van der Waals surface area (Å²) in [5, 5.41) is 23.3. The number of aliphatic hydroxyl groups excluding tert-OH is 2. The maximum atomic E-state index is 13.6. The minimum Gasteiger partial charge on any atom is -0.482 e. The lowest BCUT2D eigenvalue weighted by molar-refractivity contribution is -0.146. The summed E-state index contributed by atoms with van der Waals surface area (Å²) in [6, 6.07) is 12.6. The minimum atomic E-state index is -1.10. The second kappa shape index (κ2) is 12.2. The molecule has 36 heavy (non-hydrogen) atoms.